The molecule has 19 heteroatoms. The van der Waals surface area contributed by atoms with Gasteiger partial charge in [-0.05, 0) is 6.92 Å². The Hall–Kier alpha value is -1.63. The van der Waals surface area contributed by atoms with Crippen LogP contribution in [-0.4, -0.2) is 169 Å². The molecule has 2 fully saturated rings. The summed E-state index contributed by atoms with van der Waals surface area (Å²) in [5, 5.41) is 81.6. The van der Waals surface area contributed by atoms with Crippen molar-refractivity contribution in [3.05, 3.63) is 0 Å². The van der Waals surface area contributed by atoms with Gasteiger partial charge in [-0.2, -0.15) is 0 Å². The Morgan fingerprint density at radius 2 is 1.59 bits per heavy atom. The second-order valence-electron chi connectivity index (χ2n) is 9.80. The average molecular weight is 604 g/mol. The van der Waals surface area contributed by atoms with E-state index in [4.69, 9.17) is 36.1 Å². The van der Waals surface area contributed by atoms with Crippen LogP contribution >= 0.6 is 0 Å². The first kappa shape index (κ1) is 37.4. The van der Waals surface area contributed by atoms with Crippen LogP contribution in [0.25, 0.3) is 0 Å². The van der Waals surface area contributed by atoms with Crippen LogP contribution in [0.15, 0.2) is 0 Å². The SMILES string of the molecule is CC(=O)[C@]1(O[C@@H]([C@H](O)[C@@H](N)C=O)[C@H](O)CO)O[C@H](CO)[C@@H](O[C@@H]2O[C@H](CO)[C@@H](O)[C@H](O)[C@H]2N)[C@H](O)[C@@]1(N)C(C)=O.O. The largest absolute Gasteiger partial charge is 0.412 e. The lowest BCUT2D eigenvalue weighted by Gasteiger charge is -2.56. The van der Waals surface area contributed by atoms with Gasteiger partial charge in [0.1, 0.15) is 61.2 Å². The van der Waals surface area contributed by atoms with E-state index in [-0.39, 0.29) is 11.8 Å². The van der Waals surface area contributed by atoms with Gasteiger partial charge in [-0.1, -0.05) is 0 Å². The van der Waals surface area contributed by atoms with Crippen molar-refractivity contribution in [3.63, 3.8) is 0 Å². The predicted octanol–water partition coefficient (Wildman–Crippen LogP) is -8.74. The zero-order chi connectivity index (χ0) is 30.7. The normalized spacial score (nSPS) is 40.5. The maximum Gasteiger partial charge on any atom is 0.258 e. The summed E-state index contributed by atoms with van der Waals surface area (Å²) < 4.78 is 22.2. The van der Waals surface area contributed by atoms with Crippen LogP contribution in [0.5, 0.6) is 0 Å². The van der Waals surface area contributed by atoms with Crippen molar-refractivity contribution < 1.29 is 79.7 Å². The van der Waals surface area contributed by atoms with Crippen LogP contribution in [0.3, 0.4) is 0 Å². The van der Waals surface area contributed by atoms with Crippen molar-refractivity contribution in [2.24, 2.45) is 17.2 Å². The minimum atomic E-state index is -3.09. The molecule has 2 aliphatic heterocycles. The molecule has 0 aliphatic carbocycles. The van der Waals surface area contributed by atoms with Gasteiger partial charge in [0.25, 0.3) is 5.79 Å². The van der Waals surface area contributed by atoms with E-state index in [9.17, 15) is 55.2 Å². The number of rotatable bonds is 13. The van der Waals surface area contributed by atoms with E-state index in [0.29, 0.717) is 0 Å². The van der Waals surface area contributed by atoms with Crippen LogP contribution in [0, 0.1) is 0 Å². The molecule has 2 saturated heterocycles. The third kappa shape index (κ3) is 6.65. The molecule has 0 saturated carbocycles. The van der Waals surface area contributed by atoms with Crippen LogP contribution in [0.1, 0.15) is 13.8 Å². The molecule has 0 bridgehead atoms. The first-order chi connectivity index (χ1) is 18.6. The number of carbonyl (C=O) groups excluding carboxylic acids is 3. The lowest BCUT2D eigenvalue weighted by Crippen LogP contribution is -2.84. The van der Waals surface area contributed by atoms with Gasteiger partial charge in [0.15, 0.2) is 23.4 Å². The Morgan fingerprint density at radius 3 is 2.02 bits per heavy atom. The molecule has 2 aliphatic rings. The fraction of sp³-hybridized carbons (Fsp3) is 0.864. The maximum atomic E-state index is 13.1. The van der Waals surface area contributed by atoms with Gasteiger partial charge >= 0.3 is 0 Å². The summed E-state index contributed by atoms with van der Waals surface area (Å²) in [4.78, 5) is 37.3. The molecule has 41 heavy (non-hydrogen) atoms. The average Bonchev–Trinajstić information content (AvgIpc) is 2.93. The van der Waals surface area contributed by atoms with Gasteiger partial charge in [0.05, 0.1) is 31.9 Å². The van der Waals surface area contributed by atoms with Gasteiger partial charge < -0.3 is 87.3 Å². The van der Waals surface area contributed by atoms with E-state index in [1.165, 1.54) is 0 Å². The van der Waals surface area contributed by atoms with Crippen LogP contribution in [0.2, 0.25) is 0 Å². The summed E-state index contributed by atoms with van der Waals surface area (Å²) in [6.45, 7) is -1.29. The van der Waals surface area contributed by atoms with Gasteiger partial charge in [0.2, 0.25) is 0 Å². The standard InChI is InChI=1S/C22H39N3O15.H2O/c1-7(30)21(25)19(36)18(38-20-13(24)16(35)15(34)11(5-28)37-20)12(6-29)39-22(21,8(2)31)40-17(10(32)4-27)14(33)9(23)3-26;/h3,9-20,27-29,32-36H,4-6,23-25H2,1-2H3;1H2/t9-,10+,11+,12+,13+,14+,15+,16+,17+,18+,19-,20-,21-,22+;/m0./s1. The molecule has 19 nitrogen and oxygen atoms in total. The highest BCUT2D eigenvalue weighted by Gasteiger charge is 2.70. The summed E-state index contributed by atoms with van der Waals surface area (Å²) in [6, 6.07) is -3.22. The number of nitrogens with two attached hydrogens (primary N) is 3. The summed E-state index contributed by atoms with van der Waals surface area (Å²) in [6.07, 6.45) is -18.5. The molecule has 16 N–H and O–H groups in total. The van der Waals surface area contributed by atoms with Crippen LogP contribution in [0.4, 0.5) is 0 Å². The zero-order valence-electron chi connectivity index (χ0n) is 22.3. The number of aliphatic hydroxyl groups excluding tert-OH is 8. The third-order valence-electron chi connectivity index (χ3n) is 7.21. The van der Waals surface area contributed by atoms with E-state index in [1.807, 2.05) is 0 Å². The van der Waals surface area contributed by atoms with Crippen molar-refractivity contribution in [1.82, 2.24) is 0 Å². The third-order valence-corrected chi connectivity index (χ3v) is 7.21. The van der Waals surface area contributed by atoms with Gasteiger partial charge in [-0.3, -0.25) is 9.59 Å². The minimum Gasteiger partial charge on any atom is -0.412 e. The first-order valence-corrected chi connectivity index (χ1v) is 12.3. The highest BCUT2D eigenvalue weighted by atomic mass is 16.8. The van der Waals surface area contributed by atoms with Crippen molar-refractivity contribution in [2.75, 3.05) is 19.8 Å². The lowest BCUT2D eigenvalue weighted by molar-refractivity contribution is -0.374. The Balaban J connectivity index is 0.00000840. The van der Waals surface area contributed by atoms with Crippen LogP contribution < -0.4 is 17.2 Å². The number of carbonyl (C=O) groups is 3. The van der Waals surface area contributed by atoms with Gasteiger partial charge in [0, 0.05) is 6.92 Å². The number of hydrogen-bond donors (Lipinski definition) is 11. The molecule has 0 spiro atoms. The number of hydrogen-bond acceptors (Lipinski definition) is 18. The van der Waals surface area contributed by atoms with E-state index in [2.05, 4.69) is 0 Å². The van der Waals surface area contributed by atoms with Crippen molar-refractivity contribution >= 4 is 17.9 Å². The number of aldehydes is 1. The topological polar surface area (TPSA) is 360 Å². The highest BCUT2D eigenvalue weighted by molar-refractivity contribution is 5.98. The Bertz CT molecular complexity index is 899. The monoisotopic (exact) mass is 603 g/mol. The molecule has 0 aromatic heterocycles. The highest BCUT2D eigenvalue weighted by Crippen LogP contribution is 2.42. The first-order valence-electron chi connectivity index (χ1n) is 12.3. The molecule has 0 aromatic carbocycles. The molecule has 2 rings (SSSR count). The van der Waals surface area contributed by atoms with Gasteiger partial charge in [-0.25, -0.2) is 0 Å². The molecule has 240 valence electrons. The van der Waals surface area contributed by atoms with E-state index in [0.717, 1.165) is 13.8 Å². The molecule has 2 heterocycles. The van der Waals surface area contributed by atoms with Crippen molar-refractivity contribution in [2.45, 2.75) is 98.5 Å². The molecular weight excluding hydrogens is 562 g/mol. The number of aliphatic hydroxyl groups is 8. The fourth-order valence-corrected chi connectivity index (χ4v) is 4.71. The quantitative estimate of drug-likeness (QED) is 0.0870. The molecule has 0 radical (unpaired) electrons. The second-order valence-corrected chi connectivity index (χ2v) is 9.80. The summed E-state index contributed by atoms with van der Waals surface area (Å²) in [5.74, 6) is -5.47. The molecule has 0 unspecified atom stereocenters. The number of ether oxygens (including phenoxy) is 4. The van der Waals surface area contributed by atoms with Gasteiger partial charge in [-0.15, -0.1) is 0 Å². The molecule has 0 aromatic rings. The predicted molar refractivity (Wildman–Crippen MR) is 131 cm³/mol. The van der Waals surface area contributed by atoms with Crippen molar-refractivity contribution in [3.8, 4) is 0 Å². The smallest absolute Gasteiger partial charge is 0.258 e. The molecular formula is C22H41N3O16. The zero-order valence-corrected chi connectivity index (χ0v) is 22.3. The lowest BCUT2D eigenvalue weighted by atomic mass is 9.72. The number of ketones is 2. The van der Waals surface area contributed by atoms with Crippen LogP contribution in [-0.2, 0) is 33.3 Å². The van der Waals surface area contributed by atoms with E-state index < -0.39 is 116 Å². The van der Waals surface area contributed by atoms with E-state index in [1.54, 1.807) is 0 Å². The maximum absolute atomic E-state index is 13.1. The van der Waals surface area contributed by atoms with Crippen molar-refractivity contribution in [1.29, 1.82) is 0 Å². The Labute approximate surface area is 233 Å². The van der Waals surface area contributed by atoms with E-state index >= 15 is 0 Å². The minimum absolute atomic E-state index is 0. The summed E-state index contributed by atoms with van der Waals surface area (Å²) >= 11 is 0. The molecule has 0 amide bonds. The fourth-order valence-electron chi connectivity index (χ4n) is 4.71. The summed E-state index contributed by atoms with van der Waals surface area (Å²) in [5.41, 5.74) is 14.8. The molecule has 14 atom stereocenters. The number of Topliss-reactive ketones (excluding diaryl/α,β-unsaturated/α-hetero) is 2. The Morgan fingerprint density at radius 1 is 1.02 bits per heavy atom. The second kappa shape index (κ2) is 14.7. The summed E-state index contributed by atoms with van der Waals surface area (Å²) in [7, 11) is 0. The Kier molecular flexibility index (Phi) is 13.4.